The summed E-state index contributed by atoms with van der Waals surface area (Å²) in [4.78, 5) is 3.83. The van der Waals surface area contributed by atoms with Gasteiger partial charge in [-0.05, 0) is 18.2 Å². The highest BCUT2D eigenvalue weighted by Crippen LogP contribution is 2.27. The van der Waals surface area contributed by atoms with Crippen LogP contribution in [0.25, 0.3) is 11.3 Å². The van der Waals surface area contributed by atoms with Gasteiger partial charge in [0, 0.05) is 17.8 Å². The van der Waals surface area contributed by atoms with Gasteiger partial charge in [0.2, 0.25) is 0 Å². The maximum atomic E-state index is 13.4. The Balaban J connectivity index is 2.65. The zero-order valence-corrected chi connectivity index (χ0v) is 8.05. The first-order valence-corrected chi connectivity index (χ1v) is 4.45. The van der Waals surface area contributed by atoms with Crippen molar-refractivity contribution >= 4 is 5.69 Å². The third-order valence-corrected chi connectivity index (χ3v) is 2.10. The molecule has 1 aromatic carbocycles. The van der Waals surface area contributed by atoms with Gasteiger partial charge in [-0.25, -0.2) is 13.2 Å². The number of hydrogen-bond acceptors (Lipinski definition) is 2. The molecule has 1 aromatic heterocycles. The molecule has 2 rings (SSSR count). The molecule has 16 heavy (non-hydrogen) atoms. The second-order valence-corrected chi connectivity index (χ2v) is 3.19. The summed E-state index contributed by atoms with van der Waals surface area (Å²) in [5, 5.41) is 0. The molecular formula is C11H7F3N2. The molecule has 0 aliphatic rings. The molecule has 5 heteroatoms. The molecule has 2 N–H and O–H groups in total. The van der Waals surface area contributed by atoms with Crippen molar-refractivity contribution in [3.8, 4) is 11.3 Å². The molecule has 0 saturated heterocycles. The standard InChI is InChI=1S/C11H7F3N2/c12-7-5-9(14)8(13)4-6(7)11-10(15)2-1-3-16-11/h1-5H,15H2. The zero-order chi connectivity index (χ0) is 11.7. The van der Waals surface area contributed by atoms with Gasteiger partial charge in [0.1, 0.15) is 5.82 Å². The van der Waals surface area contributed by atoms with Crippen molar-refractivity contribution < 1.29 is 13.2 Å². The van der Waals surface area contributed by atoms with Crippen LogP contribution in [0, 0.1) is 17.5 Å². The van der Waals surface area contributed by atoms with Crippen molar-refractivity contribution in [2.75, 3.05) is 5.73 Å². The lowest BCUT2D eigenvalue weighted by molar-refractivity contribution is 0.496. The monoisotopic (exact) mass is 224 g/mol. The van der Waals surface area contributed by atoms with E-state index in [1.165, 1.54) is 12.3 Å². The smallest absolute Gasteiger partial charge is 0.161 e. The summed E-state index contributed by atoms with van der Waals surface area (Å²) < 4.78 is 39.1. The number of aromatic nitrogens is 1. The van der Waals surface area contributed by atoms with Crippen LogP contribution in [0.2, 0.25) is 0 Å². The molecule has 0 aliphatic heterocycles. The number of nitrogens with zero attached hydrogens (tertiary/aromatic N) is 1. The van der Waals surface area contributed by atoms with Crippen molar-refractivity contribution in [2.24, 2.45) is 0 Å². The maximum Gasteiger partial charge on any atom is 0.161 e. The minimum Gasteiger partial charge on any atom is -0.397 e. The number of benzene rings is 1. The Labute approximate surface area is 89.5 Å². The van der Waals surface area contributed by atoms with Crippen LogP contribution < -0.4 is 5.73 Å². The van der Waals surface area contributed by atoms with E-state index in [2.05, 4.69) is 4.98 Å². The van der Waals surface area contributed by atoms with Crippen molar-refractivity contribution in [1.82, 2.24) is 4.98 Å². The second kappa shape index (κ2) is 3.84. The summed E-state index contributed by atoms with van der Waals surface area (Å²) in [5.74, 6) is -3.28. The normalized spacial score (nSPS) is 10.4. The highest BCUT2D eigenvalue weighted by atomic mass is 19.2. The van der Waals surface area contributed by atoms with E-state index in [4.69, 9.17) is 5.73 Å². The molecule has 0 amide bonds. The molecule has 0 aliphatic carbocycles. The van der Waals surface area contributed by atoms with Gasteiger partial charge >= 0.3 is 0 Å². The van der Waals surface area contributed by atoms with Crippen LogP contribution in [0.1, 0.15) is 0 Å². The number of anilines is 1. The highest BCUT2D eigenvalue weighted by Gasteiger charge is 2.14. The Morgan fingerprint density at radius 1 is 1.00 bits per heavy atom. The van der Waals surface area contributed by atoms with E-state index in [9.17, 15) is 13.2 Å². The van der Waals surface area contributed by atoms with E-state index >= 15 is 0 Å². The van der Waals surface area contributed by atoms with Gasteiger partial charge < -0.3 is 5.73 Å². The molecule has 2 aromatic rings. The third-order valence-electron chi connectivity index (χ3n) is 2.10. The number of rotatable bonds is 1. The first-order valence-electron chi connectivity index (χ1n) is 4.45. The Kier molecular flexibility index (Phi) is 2.52. The number of nitrogen functional groups attached to an aromatic ring is 1. The predicted octanol–water partition coefficient (Wildman–Crippen LogP) is 2.75. The molecule has 0 fully saturated rings. The minimum absolute atomic E-state index is 0.0962. The van der Waals surface area contributed by atoms with Crippen LogP contribution >= 0.6 is 0 Å². The van der Waals surface area contributed by atoms with E-state index < -0.39 is 17.5 Å². The molecule has 0 radical (unpaired) electrons. The van der Waals surface area contributed by atoms with Crippen molar-refractivity contribution in [1.29, 1.82) is 0 Å². The molecule has 0 atom stereocenters. The van der Waals surface area contributed by atoms with Gasteiger partial charge in [-0.2, -0.15) is 0 Å². The fourth-order valence-corrected chi connectivity index (χ4v) is 1.35. The summed E-state index contributed by atoms with van der Waals surface area (Å²) in [6.07, 6.45) is 1.40. The fraction of sp³-hybridized carbons (Fsp3) is 0. The maximum absolute atomic E-state index is 13.4. The number of pyridine rings is 1. The lowest BCUT2D eigenvalue weighted by Crippen LogP contribution is -1.97. The molecule has 2 nitrogen and oxygen atoms in total. The number of nitrogens with two attached hydrogens (primary N) is 1. The van der Waals surface area contributed by atoms with Crippen LogP contribution in [0.3, 0.4) is 0 Å². The van der Waals surface area contributed by atoms with E-state index in [-0.39, 0.29) is 16.9 Å². The summed E-state index contributed by atoms with van der Waals surface area (Å²) in [6, 6.07) is 4.28. The van der Waals surface area contributed by atoms with Crippen LogP contribution in [0.15, 0.2) is 30.5 Å². The Hall–Kier alpha value is -2.04. The van der Waals surface area contributed by atoms with E-state index in [1.54, 1.807) is 6.07 Å². The molecule has 0 unspecified atom stereocenters. The molecule has 0 bridgehead atoms. The fourth-order valence-electron chi connectivity index (χ4n) is 1.35. The first-order chi connectivity index (χ1) is 7.59. The summed E-state index contributed by atoms with van der Waals surface area (Å²) in [7, 11) is 0. The summed E-state index contributed by atoms with van der Waals surface area (Å²) in [5.41, 5.74) is 5.71. The van der Waals surface area contributed by atoms with Crippen LogP contribution in [-0.4, -0.2) is 4.98 Å². The lowest BCUT2D eigenvalue weighted by Gasteiger charge is -2.06. The molecule has 0 spiro atoms. The third kappa shape index (κ3) is 1.71. The van der Waals surface area contributed by atoms with Gasteiger partial charge in [0.25, 0.3) is 0 Å². The quantitative estimate of drug-likeness (QED) is 0.756. The zero-order valence-electron chi connectivity index (χ0n) is 8.05. The molecule has 0 saturated carbocycles. The average molecular weight is 224 g/mol. The topological polar surface area (TPSA) is 38.9 Å². The van der Waals surface area contributed by atoms with E-state index in [1.807, 2.05) is 0 Å². The number of halogens is 3. The van der Waals surface area contributed by atoms with Crippen LogP contribution in [0.5, 0.6) is 0 Å². The van der Waals surface area contributed by atoms with Crippen LogP contribution in [-0.2, 0) is 0 Å². The van der Waals surface area contributed by atoms with E-state index in [0.29, 0.717) is 6.07 Å². The van der Waals surface area contributed by atoms with Crippen LogP contribution in [0.4, 0.5) is 18.9 Å². The lowest BCUT2D eigenvalue weighted by atomic mass is 10.1. The van der Waals surface area contributed by atoms with Crippen molar-refractivity contribution in [3.05, 3.63) is 47.9 Å². The van der Waals surface area contributed by atoms with Crippen molar-refractivity contribution in [3.63, 3.8) is 0 Å². The largest absolute Gasteiger partial charge is 0.397 e. The van der Waals surface area contributed by atoms with Crippen molar-refractivity contribution in [2.45, 2.75) is 0 Å². The Morgan fingerprint density at radius 3 is 2.38 bits per heavy atom. The van der Waals surface area contributed by atoms with Gasteiger partial charge in [0.05, 0.1) is 11.4 Å². The molecule has 82 valence electrons. The molecular weight excluding hydrogens is 217 g/mol. The predicted molar refractivity (Wildman–Crippen MR) is 54.0 cm³/mol. The molecule has 1 heterocycles. The summed E-state index contributed by atoms with van der Waals surface area (Å²) in [6.45, 7) is 0. The SMILES string of the molecule is Nc1cccnc1-c1cc(F)c(F)cc1F. The number of hydrogen-bond donors (Lipinski definition) is 1. The van der Waals surface area contributed by atoms with Gasteiger partial charge in [-0.3, -0.25) is 4.98 Å². The second-order valence-electron chi connectivity index (χ2n) is 3.19. The minimum atomic E-state index is -1.24. The van der Waals surface area contributed by atoms with Gasteiger partial charge in [0.15, 0.2) is 11.6 Å². The Bertz CT molecular complexity index is 541. The highest BCUT2D eigenvalue weighted by molar-refractivity contribution is 5.72. The van der Waals surface area contributed by atoms with E-state index in [0.717, 1.165) is 6.07 Å². The van der Waals surface area contributed by atoms with Gasteiger partial charge in [-0.15, -0.1) is 0 Å². The average Bonchev–Trinajstić information content (AvgIpc) is 2.25. The summed E-state index contributed by atoms with van der Waals surface area (Å²) >= 11 is 0. The Morgan fingerprint density at radius 2 is 1.69 bits per heavy atom. The van der Waals surface area contributed by atoms with Gasteiger partial charge in [-0.1, -0.05) is 0 Å². The first kappa shape index (κ1) is 10.5.